The Morgan fingerprint density at radius 3 is 1.96 bits per heavy atom. The monoisotopic (exact) mass is 402 g/mol. The van der Waals surface area contributed by atoms with Crippen molar-refractivity contribution in [3.05, 3.63) is 64.1 Å². The maximum atomic E-state index is 12.7. The number of hydrogen-bond donors (Lipinski definition) is 0. The highest BCUT2D eigenvalue weighted by Gasteiger charge is 2.25. The van der Waals surface area contributed by atoms with Crippen molar-refractivity contribution in [1.82, 2.24) is 9.80 Å². The van der Waals surface area contributed by atoms with Gasteiger partial charge in [0.25, 0.3) is 11.8 Å². The molecule has 1 saturated heterocycles. The number of benzene rings is 2. The normalized spacial score (nSPS) is 14.3. The van der Waals surface area contributed by atoms with Gasteiger partial charge in [-0.1, -0.05) is 18.2 Å². The summed E-state index contributed by atoms with van der Waals surface area (Å²) in [5.41, 5.74) is 1.29. The van der Waals surface area contributed by atoms with Crippen LogP contribution in [-0.2, 0) is 0 Å². The summed E-state index contributed by atoms with van der Waals surface area (Å²) >= 11 is 3.41. The molecular weight excluding hydrogens is 384 g/mol. The van der Waals surface area contributed by atoms with Gasteiger partial charge in [0.05, 0.1) is 11.6 Å². The van der Waals surface area contributed by atoms with Crippen molar-refractivity contribution in [2.45, 2.75) is 0 Å². The molecule has 0 saturated carbocycles. The molecule has 1 aliphatic rings. The van der Waals surface area contributed by atoms with Gasteiger partial charge in [-0.2, -0.15) is 0 Å². The van der Waals surface area contributed by atoms with E-state index in [1.807, 2.05) is 30.3 Å². The van der Waals surface area contributed by atoms with Crippen LogP contribution in [0.4, 0.5) is 0 Å². The Kier molecular flexibility index (Phi) is 5.38. The van der Waals surface area contributed by atoms with Gasteiger partial charge >= 0.3 is 0 Å². The second kappa shape index (κ2) is 7.70. The molecule has 0 aromatic heterocycles. The third-order valence-electron chi connectivity index (χ3n) is 4.27. The summed E-state index contributed by atoms with van der Waals surface area (Å²) in [7, 11) is 1.59. The van der Waals surface area contributed by atoms with Crippen LogP contribution in [0.3, 0.4) is 0 Å². The molecular formula is C19H19BrN2O3. The number of ether oxygens (including phenoxy) is 1. The number of halogens is 1. The van der Waals surface area contributed by atoms with E-state index in [0.29, 0.717) is 43.1 Å². The third kappa shape index (κ3) is 3.85. The van der Waals surface area contributed by atoms with Gasteiger partial charge in [-0.25, -0.2) is 0 Å². The molecule has 5 nitrogen and oxygen atoms in total. The Labute approximate surface area is 155 Å². The summed E-state index contributed by atoms with van der Waals surface area (Å²) in [6, 6.07) is 14.5. The Balaban J connectivity index is 1.63. The molecule has 25 heavy (non-hydrogen) atoms. The Hall–Kier alpha value is -2.34. The lowest BCUT2D eigenvalue weighted by atomic mass is 10.1. The van der Waals surface area contributed by atoms with Crippen LogP contribution < -0.4 is 4.74 Å². The molecule has 6 heteroatoms. The van der Waals surface area contributed by atoms with Crippen LogP contribution in [0.1, 0.15) is 20.7 Å². The fourth-order valence-corrected chi connectivity index (χ4v) is 3.40. The van der Waals surface area contributed by atoms with E-state index in [4.69, 9.17) is 4.74 Å². The Morgan fingerprint density at radius 1 is 0.880 bits per heavy atom. The number of piperazine rings is 1. The topological polar surface area (TPSA) is 49.9 Å². The third-order valence-corrected chi connectivity index (χ3v) is 4.89. The van der Waals surface area contributed by atoms with Crippen molar-refractivity contribution in [2.24, 2.45) is 0 Å². The highest BCUT2D eigenvalue weighted by atomic mass is 79.9. The van der Waals surface area contributed by atoms with Crippen LogP contribution in [-0.4, -0.2) is 54.9 Å². The van der Waals surface area contributed by atoms with E-state index in [1.54, 1.807) is 35.1 Å². The first-order valence-corrected chi connectivity index (χ1v) is 8.86. The molecule has 0 atom stereocenters. The standard InChI is InChI=1S/C19H19BrN2O3/c1-25-17-8-7-15(13-16(17)20)19(24)22-11-9-21(10-12-22)18(23)14-5-3-2-4-6-14/h2-8,13H,9-12H2,1H3. The number of carbonyl (C=O) groups is 2. The van der Waals surface area contributed by atoms with Crippen LogP contribution in [0.25, 0.3) is 0 Å². The van der Waals surface area contributed by atoms with E-state index in [-0.39, 0.29) is 11.8 Å². The number of rotatable bonds is 3. The number of hydrogen-bond acceptors (Lipinski definition) is 3. The zero-order valence-corrected chi connectivity index (χ0v) is 15.5. The Bertz CT molecular complexity index is 771. The molecule has 0 aliphatic carbocycles. The Morgan fingerprint density at radius 2 is 1.44 bits per heavy atom. The highest BCUT2D eigenvalue weighted by Crippen LogP contribution is 2.26. The minimum atomic E-state index is -0.0323. The summed E-state index contributed by atoms with van der Waals surface area (Å²) in [4.78, 5) is 28.7. The largest absolute Gasteiger partial charge is 0.496 e. The lowest BCUT2D eigenvalue weighted by molar-refractivity contribution is 0.0535. The van der Waals surface area contributed by atoms with Gasteiger partial charge < -0.3 is 14.5 Å². The van der Waals surface area contributed by atoms with E-state index >= 15 is 0 Å². The zero-order chi connectivity index (χ0) is 17.8. The molecule has 2 aromatic rings. The number of amides is 2. The lowest BCUT2D eigenvalue weighted by Gasteiger charge is -2.35. The first kappa shape index (κ1) is 17.5. The van der Waals surface area contributed by atoms with E-state index in [9.17, 15) is 9.59 Å². The summed E-state index contributed by atoms with van der Waals surface area (Å²) in [6.45, 7) is 2.13. The predicted molar refractivity (Wildman–Crippen MR) is 98.9 cm³/mol. The molecule has 0 radical (unpaired) electrons. The van der Waals surface area contributed by atoms with Gasteiger partial charge in [0.2, 0.25) is 0 Å². The van der Waals surface area contributed by atoms with Crippen LogP contribution in [0.15, 0.2) is 53.0 Å². The SMILES string of the molecule is COc1ccc(C(=O)N2CCN(C(=O)c3ccccc3)CC2)cc1Br. The fraction of sp³-hybridized carbons (Fsp3) is 0.263. The molecule has 0 bridgehead atoms. The van der Waals surface area contributed by atoms with Gasteiger partial charge in [-0.3, -0.25) is 9.59 Å². The predicted octanol–water partition coefficient (Wildman–Crippen LogP) is 3.06. The van der Waals surface area contributed by atoms with E-state index in [0.717, 1.165) is 4.47 Å². The molecule has 3 rings (SSSR count). The van der Waals surface area contributed by atoms with Crippen LogP contribution in [0.2, 0.25) is 0 Å². The molecule has 1 heterocycles. The second-order valence-electron chi connectivity index (χ2n) is 5.80. The van der Waals surface area contributed by atoms with E-state index < -0.39 is 0 Å². The first-order valence-electron chi connectivity index (χ1n) is 8.07. The van der Waals surface area contributed by atoms with Crippen molar-refractivity contribution < 1.29 is 14.3 Å². The fourth-order valence-electron chi connectivity index (χ4n) is 2.86. The highest BCUT2D eigenvalue weighted by molar-refractivity contribution is 9.10. The molecule has 0 N–H and O–H groups in total. The summed E-state index contributed by atoms with van der Waals surface area (Å²) in [6.07, 6.45) is 0. The first-order chi connectivity index (χ1) is 12.1. The number of methoxy groups -OCH3 is 1. The molecule has 2 aromatic carbocycles. The van der Waals surface area contributed by atoms with Gasteiger partial charge in [0.15, 0.2) is 0 Å². The summed E-state index contributed by atoms with van der Waals surface area (Å²) in [5, 5.41) is 0. The zero-order valence-electron chi connectivity index (χ0n) is 13.9. The molecule has 0 unspecified atom stereocenters. The minimum Gasteiger partial charge on any atom is -0.496 e. The van der Waals surface area contributed by atoms with Gasteiger partial charge in [-0.05, 0) is 46.3 Å². The summed E-state index contributed by atoms with van der Waals surface area (Å²) in [5.74, 6) is 0.671. The van der Waals surface area contributed by atoms with Gasteiger partial charge in [0.1, 0.15) is 5.75 Å². The average molecular weight is 403 g/mol. The van der Waals surface area contributed by atoms with E-state index in [2.05, 4.69) is 15.9 Å². The molecule has 0 spiro atoms. The molecule has 2 amide bonds. The van der Waals surface area contributed by atoms with Crippen molar-refractivity contribution in [3.63, 3.8) is 0 Å². The smallest absolute Gasteiger partial charge is 0.254 e. The lowest BCUT2D eigenvalue weighted by Crippen LogP contribution is -2.50. The van der Waals surface area contributed by atoms with Crippen LogP contribution >= 0.6 is 15.9 Å². The van der Waals surface area contributed by atoms with Gasteiger partial charge in [-0.15, -0.1) is 0 Å². The molecule has 130 valence electrons. The van der Waals surface area contributed by atoms with Crippen molar-refractivity contribution in [3.8, 4) is 5.75 Å². The number of nitrogens with zero attached hydrogens (tertiary/aromatic N) is 2. The van der Waals surface area contributed by atoms with Crippen LogP contribution in [0, 0.1) is 0 Å². The van der Waals surface area contributed by atoms with Gasteiger partial charge in [0, 0.05) is 37.3 Å². The van der Waals surface area contributed by atoms with Crippen molar-refractivity contribution in [2.75, 3.05) is 33.3 Å². The van der Waals surface area contributed by atoms with E-state index in [1.165, 1.54) is 0 Å². The maximum absolute atomic E-state index is 12.7. The quantitative estimate of drug-likeness (QED) is 0.792. The maximum Gasteiger partial charge on any atom is 0.254 e. The van der Waals surface area contributed by atoms with Crippen molar-refractivity contribution in [1.29, 1.82) is 0 Å². The second-order valence-corrected chi connectivity index (χ2v) is 6.65. The molecule has 1 fully saturated rings. The van der Waals surface area contributed by atoms with Crippen molar-refractivity contribution >= 4 is 27.7 Å². The number of carbonyl (C=O) groups excluding carboxylic acids is 2. The van der Waals surface area contributed by atoms with Crippen LogP contribution in [0.5, 0.6) is 5.75 Å². The summed E-state index contributed by atoms with van der Waals surface area (Å²) < 4.78 is 5.94. The molecule has 1 aliphatic heterocycles. The minimum absolute atomic E-state index is 0.0138. The average Bonchev–Trinajstić information content (AvgIpc) is 2.67.